The first kappa shape index (κ1) is 19.6. The van der Waals surface area contributed by atoms with Crippen LogP contribution in [0.5, 0.6) is 5.75 Å². The molecule has 0 unspecified atom stereocenters. The van der Waals surface area contributed by atoms with Crippen LogP contribution in [0.2, 0.25) is 5.02 Å². The van der Waals surface area contributed by atoms with E-state index in [0.29, 0.717) is 39.3 Å². The van der Waals surface area contributed by atoms with Gasteiger partial charge in [-0.25, -0.2) is 0 Å². The number of hydrogen-bond donors (Lipinski definition) is 0. The number of carbonyl (C=O) groups is 1. The molecule has 1 aromatic heterocycles. The summed E-state index contributed by atoms with van der Waals surface area (Å²) in [6, 6.07) is 19.0. The summed E-state index contributed by atoms with van der Waals surface area (Å²) < 4.78 is 13.5. The Balaban J connectivity index is 1.66. The second-order valence-corrected chi connectivity index (χ2v) is 8.83. The Kier molecular flexibility index (Phi) is 4.52. The molecular weight excluding hydrogens is 414 g/mol. The van der Waals surface area contributed by atoms with Crippen LogP contribution in [0.1, 0.15) is 47.8 Å². The van der Waals surface area contributed by atoms with E-state index in [1.807, 2.05) is 32.0 Å². The van der Waals surface area contributed by atoms with Gasteiger partial charge < -0.3 is 9.26 Å². The highest BCUT2D eigenvalue weighted by Gasteiger charge is 2.37. The number of aromatic nitrogens is 1. The lowest BCUT2D eigenvalue weighted by Gasteiger charge is -2.37. The molecule has 0 fully saturated rings. The number of nitrogens with zero attached hydrogens (tertiary/aromatic N) is 1. The Hall–Kier alpha value is -3.31. The van der Waals surface area contributed by atoms with Gasteiger partial charge in [0.25, 0.3) is 5.56 Å². The standard InChI is InChI=1S/C25H20ClNO4/c1-25(2)14-20(27-24(29)18-10-9-17(26)13-22(18)31-27)19-12-16(8-11-21(19)30-25)23(28)15-6-4-3-5-7-15/h3-13,20H,14H2,1-2H3/t20-/m0/s1. The maximum Gasteiger partial charge on any atom is 0.290 e. The molecule has 6 heteroatoms. The zero-order valence-electron chi connectivity index (χ0n) is 17.1. The normalized spacial score (nSPS) is 17.2. The summed E-state index contributed by atoms with van der Waals surface area (Å²) in [7, 11) is 0. The van der Waals surface area contributed by atoms with Crippen LogP contribution in [-0.4, -0.2) is 16.1 Å². The van der Waals surface area contributed by atoms with Gasteiger partial charge in [0.1, 0.15) is 17.4 Å². The molecule has 0 saturated carbocycles. The third kappa shape index (κ3) is 3.45. The van der Waals surface area contributed by atoms with Crippen molar-refractivity contribution in [1.29, 1.82) is 0 Å². The minimum absolute atomic E-state index is 0.0873. The smallest absolute Gasteiger partial charge is 0.290 e. The van der Waals surface area contributed by atoms with E-state index in [1.165, 1.54) is 4.74 Å². The quantitative estimate of drug-likeness (QED) is 0.393. The largest absolute Gasteiger partial charge is 0.487 e. The maximum absolute atomic E-state index is 13.1. The van der Waals surface area contributed by atoms with Crippen LogP contribution in [0.4, 0.5) is 0 Å². The maximum atomic E-state index is 13.1. The topological polar surface area (TPSA) is 61.4 Å². The predicted octanol–water partition coefficient (Wildman–Crippen LogP) is 5.63. The van der Waals surface area contributed by atoms with E-state index < -0.39 is 11.6 Å². The molecule has 156 valence electrons. The highest BCUT2D eigenvalue weighted by atomic mass is 35.5. The van der Waals surface area contributed by atoms with Crippen molar-refractivity contribution in [2.45, 2.75) is 31.9 Å². The minimum Gasteiger partial charge on any atom is -0.487 e. The predicted molar refractivity (Wildman–Crippen MR) is 119 cm³/mol. The average Bonchev–Trinajstić information content (AvgIpc) is 3.07. The molecule has 1 aliphatic rings. The summed E-state index contributed by atoms with van der Waals surface area (Å²) in [4.78, 5) is 26.1. The molecule has 31 heavy (non-hydrogen) atoms. The molecule has 3 aromatic carbocycles. The number of ketones is 1. The number of carbonyl (C=O) groups excluding carboxylic acids is 1. The number of benzene rings is 3. The van der Waals surface area contributed by atoms with Gasteiger partial charge in [0.15, 0.2) is 11.4 Å². The Bertz CT molecular complexity index is 1370. The minimum atomic E-state index is -0.515. The fourth-order valence-electron chi connectivity index (χ4n) is 4.14. The van der Waals surface area contributed by atoms with Crippen molar-refractivity contribution in [2.24, 2.45) is 0 Å². The number of ether oxygens (including phenoxy) is 1. The second-order valence-electron chi connectivity index (χ2n) is 8.39. The molecule has 0 amide bonds. The van der Waals surface area contributed by atoms with Crippen LogP contribution in [0.25, 0.3) is 11.0 Å². The molecule has 5 rings (SSSR count). The van der Waals surface area contributed by atoms with Crippen LogP contribution < -0.4 is 10.3 Å². The number of halogens is 1. The monoisotopic (exact) mass is 433 g/mol. The van der Waals surface area contributed by atoms with E-state index in [2.05, 4.69) is 0 Å². The zero-order valence-corrected chi connectivity index (χ0v) is 17.8. The lowest BCUT2D eigenvalue weighted by molar-refractivity contribution is 0.0499. The fourth-order valence-corrected chi connectivity index (χ4v) is 4.31. The van der Waals surface area contributed by atoms with Crippen LogP contribution in [-0.2, 0) is 0 Å². The first-order chi connectivity index (χ1) is 14.8. The van der Waals surface area contributed by atoms with Gasteiger partial charge in [-0.15, -0.1) is 0 Å². The molecule has 0 aliphatic carbocycles. The summed E-state index contributed by atoms with van der Waals surface area (Å²) in [6.07, 6.45) is 0.510. The van der Waals surface area contributed by atoms with Crippen LogP contribution in [0.3, 0.4) is 0 Å². The lowest BCUT2D eigenvalue weighted by Crippen LogP contribution is -2.38. The van der Waals surface area contributed by atoms with Crippen molar-refractivity contribution < 1.29 is 14.1 Å². The van der Waals surface area contributed by atoms with Crippen LogP contribution in [0, 0.1) is 0 Å². The van der Waals surface area contributed by atoms with Gasteiger partial charge in [0, 0.05) is 34.2 Å². The van der Waals surface area contributed by atoms with E-state index in [-0.39, 0.29) is 11.3 Å². The molecule has 0 spiro atoms. The highest BCUT2D eigenvalue weighted by Crippen LogP contribution is 2.42. The van der Waals surface area contributed by atoms with Gasteiger partial charge in [-0.3, -0.25) is 9.59 Å². The third-order valence-electron chi connectivity index (χ3n) is 5.59. The highest BCUT2D eigenvalue weighted by molar-refractivity contribution is 6.31. The molecule has 0 bridgehead atoms. The number of rotatable bonds is 3. The molecule has 2 heterocycles. The van der Waals surface area contributed by atoms with Crippen molar-refractivity contribution in [3.8, 4) is 5.75 Å². The Labute approximate surface area is 183 Å². The van der Waals surface area contributed by atoms with Crippen molar-refractivity contribution in [1.82, 2.24) is 4.74 Å². The summed E-state index contributed by atoms with van der Waals surface area (Å²) in [6.45, 7) is 3.94. The molecule has 0 saturated heterocycles. The Morgan fingerprint density at radius 2 is 1.81 bits per heavy atom. The van der Waals surface area contributed by atoms with E-state index in [9.17, 15) is 9.59 Å². The first-order valence-corrected chi connectivity index (χ1v) is 10.4. The van der Waals surface area contributed by atoms with Crippen molar-refractivity contribution in [3.05, 3.63) is 98.8 Å². The van der Waals surface area contributed by atoms with Crippen LogP contribution >= 0.6 is 11.6 Å². The molecule has 5 nitrogen and oxygen atoms in total. The van der Waals surface area contributed by atoms with E-state index in [0.717, 1.165) is 5.56 Å². The lowest BCUT2D eigenvalue weighted by atomic mass is 9.88. The molecule has 4 aromatic rings. The second kappa shape index (κ2) is 7.13. The van der Waals surface area contributed by atoms with Crippen molar-refractivity contribution in [2.75, 3.05) is 0 Å². The SMILES string of the molecule is CC1(C)C[C@H](n2oc3cc(Cl)ccc3c2=O)c2cc(C(=O)c3ccccc3)ccc2O1. The molecular formula is C25H20ClNO4. The van der Waals surface area contributed by atoms with E-state index >= 15 is 0 Å². The summed E-state index contributed by atoms with van der Waals surface area (Å²) >= 11 is 6.08. The van der Waals surface area contributed by atoms with Gasteiger partial charge in [-0.2, -0.15) is 4.74 Å². The Morgan fingerprint density at radius 1 is 1.03 bits per heavy atom. The third-order valence-corrected chi connectivity index (χ3v) is 5.83. The van der Waals surface area contributed by atoms with Gasteiger partial charge in [0.2, 0.25) is 0 Å². The zero-order chi connectivity index (χ0) is 21.8. The van der Waals surface area contributed by atoms with E-state index in [4.69, 9.17) is 20.9 Å². The summed E-state index contributed by atoms with van der Waals surface area (Å²) in [5.74, 6) is 0.548. The van der Waals surface area contributed by atoms with Crippen molar-refractivity contribution in [3.63, 3.8) is 0 Å². The van der Waals surface area contributed by atoms with Gasteiger partial charge >= 0.3 is 0 Å². The number of hydrogen-bond acceptors (Lipinski definition) is 4. The molecule has 0 radical (unpaired) electrons. The molecule has 1 aliphatic heterocycles. The summed E-state index contributed by atoms with van der Waals surface area (Å²) in [5.41, 5.74) is 1.56. The fraction of sp³-hybridized carbons (Fsp3) is 0.200. The number of fused-ring (bicyclic) bond motifs is 2. The van der Waals surface area contributed by atoms with Gasteiger partial charge in [-0.1, -0.05) is 41.9 Å². The van der Waals surface area contributed by atoms with Crippen LogP contribution in [0.15, 0.2) is 76.0 Å². The Morgan fingerprint density at radius 3 is 2.58 bits per heavy atom. The first-order valence-electron chi connectivity index (χ1n) is 10.1. The molecule has 1 atom stereocenters. The molecule has 0 N–H and O–H groups in total. The van der Waals surface area contributed by atoms with Gasteiger partial charge in [-0.05, 0) is 44.2 Å². The van der Waals surface area contributed by atoms with Gasteiger partial charge in [0.05, 0.1) is 5.39 Å². The van der Waals surface area contributed by atoms with Crippen molar-refractivity contribution >= 4 is 28.4 Å². The average molecular weight is 434 g/mol. The van der Waals surface area contributed by atoms with E-state index in [1.54, 1.807) is 48.5 Å². The summed E-state index contributed by atoms with van der Waals surface area (Å²) in [5, 5.41) is 0.962.